The molecule has 0 atom stereocenters. The second-order valence-corrected chi connectivity index (χ2v) is 5.85. The summed E-state index contributed by atoms with van der Waals surface area (Å²) in [4.78, 5) is 10.2. The number of nitrogens with one attached hydrogen (secondary N) is 2. The Morgan fingerprint density at radius 2 is 1.96 bits per heavy atom. The Balaban J connectivity index is 1.80. The average molecular weight is 380 g/mol. The fraction of sp³-hybridized carbons (Fsp3) is 0.333. The third-order valence-electron chi connectivity index (χ3n) is 3.64. The van der Waals surface area contributed by atoms with Gasteiger partial charge in [0.25, 0.3) is 5.69 Å². The second kappa shape index (κ2) is 9.84. The number of halogens is 1. The van der Waals surface area contributed by atoms with Crippen molar-refractivity contribution in [1.82, 2.24) is 5.32 Å². The summed E-state index contributed by atoms with van der Waals surface area (Å²) >= 11 is 6.04. The van der Waals surface area contributed by atoms with Gasteiger partial charge in [0, 0.05) is 31.8 Å². The van der Waals surface area contributed by atoms with E-state index in [9.17, 15) is 10.1 Å². The van der Waals surface area contributed by atoms with E-state index in [1.807, 2.05) is 25.1 Å². The molecular formula is C18H22ClN3O4. The maximum Gasteiger partial charge on any atom is 0.271 e. The van der Waals surface area contributed by atoms with Crippen LogP contribution in [-0.2, 0) is 6.54 Å². The molecule has 2 N–H and O–H groups in total. The van der Waals surface area contributed by atoms with Crippen LogP contribution < -0.4 is 20.1 Å². The number of hydrogen-bond acceptors (Lipinski definition) is 6. The number of nitro groups is 1. The first-order chi connectivity index (χ1) is 12.5. The SMILES string of the molecule is CCOc1cc(CNCCNc2ccc([N+](=O)[O-])cc2Cl)ccc1OC. The molecule has 0 saturated heterocycles. The molecule has 0 bridgehead atoms. The van der Waals surface area contributed by atoms with Crippen LogP contribution in [0.1, 0.15) is 12.5 Å². The Kier molecular flexibility index (Phi) is 7.50. The minimum absolute atomic E-state index is 0.0247. The van der Waals surface area contributed by atoms with Gasteiger partial charge in [0.15, 0.2) is 11.5 Å². The summed E-state index contributed by atoms with van der Waals surface area (Å²) in [6.07, 6.45) is 0. The van der Waals surface area contributed by atoms with E-state index < -0.39 is 4.92 Å². The van der Waals surface area contributed by atoms with E-state index in [2.05, 4.69) is 10.6 Å². The van der Waals surface area contributed by atoms with Crippen LogP contribution >= 0.6 is 11.6 Å². The van der Waals surface area contributed by atoms with Gasteiger partial charge in [-0.05, 0) is 30.7 Å². The quantitative estimate of drug-likeness (QED) is 0.370. The molecule has 0 aromatic heterocycles. The zero-order valence-electron chi connectivity index (χ0n) is 14.8. The van der Waals surface area contributed by atoms with E-state index >= 15 is 0 Å². The van der Waals surface area contributed by atoms with E-state index in [0.29, 0.717) is 42.7 Å². The molecule has 0 aliphatic carbocycles. The molecular weight excluding hydrogens is 358 g/mol. The highest BCUT2D eigenvalue weighted by molar-refractivity contribution is 6.33. The van der Waals surface area contributed by atoms with Crippen LogP contribution in [0.25, 0.3) is 0 Å². The van der Waals surface area contributed by atoms with Crippen LogP contribution in [0, 0.1) is 10.1 Å². The first-order valence-electron chi connectivity index (χ1n) is 8.23. The molecule has 140 valence electrons. The number of non-ortho nitro benzene ring substituents is 1. The molecule has 0 aliphatic heterocycles. The van der Waals surface area contributed by atoms with Crippen molar-refractivity contribution in [1.29, 1.82) is 0 Å². The fourth-order valence-corrected chi connectivity index (χ4v) is 2.62. The zero-order chi connectivity index (χ0) is 18.9. The summed E-state index contributed by atoms with van der Waals surface area (Å²) < 4.78 is 10.8. The third-order valence-corrected chi connectivity index (χ3v) is 3.95. The normalized spacial score (nSPS) is 10.4. The zero-order valence-corrected chi connectivity index (χ0v) is 15.5. The molecule has 0 heterocycles. The number of nitrogens with zero attached hydrogens (tertiary/aromatic N) is 1. The number of ether oxygens (including phenoxy) is 2. The van der Waals surface area contributed by atoms with Crippen molar-refractivity contribution < 1.29 is 14.4 Å². The van der Waals surface area contributed by atoms with Gasteiger partial charge in [-0.15, -0.1) is 0 Å². The lowest BCUT2D eigenvalue weighted by atomic mass is 10.2. The number of nitro benzene ring substituents is 1. The molecule has 2 aromatic rings. The van der Waals surface area contributed by atoms with E-state index in [1.165, 1.54) is 12.1 Å². The van der Waals surface area contributed by atoms with Crippen LogP contribution in [-0.4, -0.2) is 31.7 Å². The highest BCUT2D eigenvalue weighted by Crippen LogP contribution is 2.28. The molecule has 0 amide bonds. The Hall–Kier alpha value is -2.51. The van der Waals surface area contributed by atoms with Gasteiger partial charge in [0.2, 0.25) is 0 Å². The Morgan fingerprint density at radius 3 is 2.62 bits per heavy atom. The van der Waals surface area contributed by atoms with E-state index in [4.69, 9.17) is 21.1 Å². The Labute approximate surface area is 157 Å². The summed E-state index contributed by atoms with van der Waals surface area (Å²) in [6.45, 7) is 4.52. The molecule has 0 aliphatic rings. The summed E-state index contributed by atoms with van der Waals surface area (Å²) in [5.74, 6) is 1.44. The van der Waals surface area contributed by atoms with Gasteiger partial charge < -0.3 is 20.1 Å². The second-order valence-electron chi connectivity index (χ2n) is 5.44. The first kappa shape index (κ1) is 19.8. The minimum atomic E-state index is -0.470. The third kappa shape index (κ3) is 5.50. The fourth-order valence-electron chi connectivity index (χ4n) is 2.38. The molecule has 0 radical (unpaired) electrons. The number of methoxy groups -OCH3 is 1. The van der Waals surface area contributed by atoms with Crippen LogP contribution in [0.4, 0.5) is 11.4 Å². The number of rotatable bonds is 10. The predicted molar refractivity (Wildman–Crippen MR) is 102 cm³/mol. The summed E-state index contributed by atoms with van der Waals surface area (Å²) in [7, 11) is 1.62. The maximum atomic E-state index is 10.7. The molecule has 7 nitrogen and oxygen atoms in total. The van der Waals surface area contributed by atoms with Gasteiger partial charge in [0.05, 0.1) is 29.4 Å². The predicted octanol–water partition coefficient (Wildman–Crippen LogP) is 3.86. The van der Waals surface area contributed by atoms with Crippen LogP contribution in [0.2, 0.25) is 5.02 Å². The number of anilines is 1. The summed E-state index contributed by atoms with van der Waals surface area (Å²) in [5.41, 5.74) is 1.73. The first-order valence-corrected chi connectivity index (χ1v) is 8.61. The molecule has 0 spiro atoms. The highest BCUT2D eigenvalue weighted by atomic mass is 35.5. The highest BCUT2D eigenvalue weighted by Gasteiger charge is 2.09. The Bertz CT molecular complexity index is 755. The van der Waals surface area contributed by atoms with Crippen molar-refractivity contribution in [3.05, 3.63) is 57.1 Å². The summed E-state index contributed by atoms with van der Waals surface area (Å²) in [6, 6.07) is 10.2. The summed E-state index contributed by atoms with van der Waals surface area (Å²) in [5, 5.41) is 17.5. The van der Waals surface area contributed by atoms with Crippen molar-refractivity contribution in [2.24, 2.45) is 0 Å². The Morgan fingerprint density at radius 1 is 1.15 bits per heavy atom. The monoisotopic (exact) mass is 379 g/mol. The molecule has 0 unspecified atom stereocenters. The lowest BCUT2D eigenvalue weighted by molar-refractivity contribution is -0.384. The lowest BCUT2D eigenvalue weighted by Crippen LogP contribution is -2.21. The minimum Gasteiger partial charge on any atom is -0.493 e. The average Bonchev–Trinajstić information content (AvgIpc) is 2.63. The van der Waals surface area contributed by atoms with Crippen molar-refractivity contribution in [2.75, 3.05) is 32.1 Å². The smallest absolute Gasteiger partial charge is 0.271 e. The topological polar surface area (TPSA) is 85.7 Å². The maximum absolute atomic E-state index is 10.7. The van der Waals surface area contributed by atoms with Crippen molar-refractivity contribution >= 4 is 23.0 Å². The van der Waals surface area contributed by atoms with Gasteiger partial charge >= 0.3 is 0 Å². The number of hydrogen-bond donors (Lipinski definition) is 2. The van der Waals surface area contributed by atoms with Gasteiger partial charge in [-0.1, -0.05) is 17.7 Å². The van der Waals surface area contributed by atoms with Crippen molar-refractivity contribution in [2.45, 2.75) is 13.5 Å². The number of benzene rings is 2. The molecule has 2 rings (SSSR count). The van der Waals surface area contributed by atoms with E-state index in [1.54, 1.807) is 13.2 Å². The van der Waals surface area contributed by atoms with Crippen LogP contribution in [0.15, 0.2) is 36.4 Å². The lowest BCUT2D eigenvalue weighted by Gasteiger charge is -2.12. The van der Waals surface area contributed by atoms with Gasteiger partial charge in [-0.25, -0.2) is 0 Å². The van der Waals surface area contributed by atoms with Crippen LogP contribution in [0.3, 0.4) is 0 Å². The van der Waals surface area contributed by atoms with Gasteiger partial charge in [0.1, 0.15) is 0 Å². The van der Waals surface area contributed by atoms with Crippen LogP contribution in [0.5, 0.6) is 11.5 Å². The van der Waals surface area contributed by atoms with Gasteiger partial charge in [-0.2, -0.15) is 0 Å². The molecule has 2 aromatic carbocycles. The largest absolute Gasteiger partial charge is 0.493 e. The van der Waals surface area contributed by atoms with E-state index in [-0.39, 0.29) is 5.69 Å². The van der Waals surface area contributed by atoms with Gasteiger partial charge in [-0.3, -0.25) is 10.1 Å². The molecule has 0 fully saturated rings. The standard InChI is InChI=1S/C18H22ClN3O4/c1-3-26-18-10-13(4-7-17(18)25-2)12-20-8-9-21-16-6-5-14(22(23)24)11-15(16)19/h4-7,10-11,20-21H,3,8-9,12H2,1-2H3. The van der Waals surface area contributed by atoms with Crippen molar-refractivity contribution in [3.63, 3.8) is 0 Å². The molecule has 26 heavy (non-hydrogen) atoms. The molecule has 8 heteroatoms. The van der Waals surface area contributed by atoms with E-state index in [0.717, 1.165) is 11.3 Å². The molecule has 0 saturated carbocycles. The van der Waals surface area contributed by atoms with Crippen molar-refractivity contribution in [3.8, 4) is 11.5 Å².